The fourth-order valence-electron chi connectivity index (χ4n) is 8.65. The van der Waals surface area contributed by atoms with Gasteiger partial charge < -0.3 is 24.8 Å². The number of benzene rings is 2. The number of anilines is 1. The Labute approximate surface area is 263 Å². The Kier molecular flexibility index (Phi) is 6.21. The predicted molar refractivity (Wildman–Crippen MR) is 167 cm³/mol. The number of fused-ring (bicyclic) bond motifs is 7. The molecule has 7 heterocycles. The highest BCUT2D eigenvalue weighted by atomic mass is 19.1. The third-order valence-corrected chi connectivity index (χ3v) is 10.7. The maximum absolute atomic E-state index is 17.0. The van der Waals surface area contributed by atoms with E-state index in [1.165, 1.54) is 30.3 Å². The van der Waals surface area contributed by atoms with Gasteiger partial charge in [-0.3, -0.25) is 4.90 Å². The van der Waals surface area contributed by atoms with Gasteiger partial charge in [0.2, 0.25) is 5.88 Å². The van der Waals surface area contributed by atoms with E-state index in [0.29, 0.717) is 41.5 Å². The number of alkyl halides is 1. The highest BCUT2D eigenvalue weighted by Crippen LogP contribution is 2.45. The quantitative estimate of drug-likeness (QED) is 0.311. The lowest BCUT2D eigenvalue weighted by Gasteiger charge is -2.40. The average molecular weight is 631 g/mol. The molecule has 0 saturated carbocycles. The van der Waals surface area contributed by atoms with Gasteiger partial charge >= 0.3 is 6.01 Å². The van der Waals surface area contributed by atoms with E-state index in [4.69, 9.17) is 14.5 Å². The molecule has 2 N–H and O–H groups in total. The minimum atomic E-state index is -0.920. The monoisotopic (exact) mass is 630 g/mol. The van der Waals surface area contributed by atoms with Crippen LogP contribution in [0.1, 0.15) is 37.7 Å². The van der Waals surface area contributed by atoms with E-state index in [1.54, 1.807) is 0 Å². The van der Waals surface area contributed by atoms with Crippen molar-refractivity contribution < 1.29 is 27.8 Å². The molecule has 2 bridgehead atoms. The van der Waals surface area contributed by atoms with Crippen molar-refractivity contribution in [1.82, 2.24) is 25.2 Å². The molecule has 0 unspecified atom stereocenters. The Morgan fingerprint density at radius 2 is 2.04 bits per heavy atom. The first-order chi connectivity index (χ1) is 22.3. The van der Waals surface area contributed by atoms with Gasteiger partial charge in [-0.15, -0.1) is 0 Å². The summed E-state index contributed by atoms with van der Waals surface area (Å²) in [6.45, 7) is 6.10. The number of hydrogen-bond donors (Lipinski definition) is 2. The third-order valence-electron chi connectivity index (χ3n) is 10.7. The minimum absolute atomic E-state index is 0.00171. The smallest absolute Gasteiger partial charge is 0.319 e. The van der Waals surface area contributed by atoms with Crippen molar-refractivity contribution in [2.75, 3.05) is 37.7 Å². The highest BCUT2D eigenvalue weighted by Gasteiger charge is 2.50. The summed E-state index contributed by atoms with van der Waals surface area (Å²) in [4.78, 5) is 18.5. The summed E-state index contributed by atoms with van der Waals surface area (Å²) in [5.41, 5.74) is -0.298. The van der Waals surface area contributed by atoms with Crippen molar-refractivity contribution in [2.45, 2.75) is 61.9 Å². The summed E-state index contributed by atoms with van der Waals surface area (Å²) in [6.07, 6.45) is 4.59. The molecule has 4 saturated heterocycles. The second-order valence-corrected chi connectivity index (χ2v) is 13.3. The summed E-state index contributed by atoms with van der Waals surface area (Å²) in [7, 11) is 0. The molecule has 2 aromatic heterocycles. The molecular formula is C34H33F3N6O3. The standard InChI is InChI=1S/C34H33F3N6O3/c1-2-21-23(36)6-4-17-10-20(44)11-22(26(17)21)29-28(37)30-27-31(43-14-19-5-7-24(38-19)25(43)15-45-32(27)39-29)41-33(40-30)46-16-34-8-3-9-42(34)13-18(35)12-34/h2,4,6,10-11,18-19,24-25,38,44H,1,3,5,7-9,12-16H2/t18-,19+,24-,25+,34+/m1/s1. The molecular weight excluding hydrogens is 597 g/mol. The van der Waals surface area contributed by atoms with Crippen LogP contribution in [0.5, 0.6) is 17.6 Å². The number of halogens is 3. The minimum Gasteiger partial charge on any atom is -0.508 e. The molecule has 4 aromatic rings. The highest BCUT2D eigenvalue weighted by molar-refractivity contribution is 6.05. The van der Waals surface area contributed by atoms with Crippen LogP contribution in [0.2, 0.25) is 0 Å². The first-order valence-electron chi connectivity index (χ1n) is 16.0. The fourth-order valence-corrected chi connectivity index (χ4v) is 8.65. The number of aromatic hydroxyl groups is 1. The van der Waals surface area contributed by atoms with Gasteiger partial charge in [0.1, 0.15) is 53.4 Å². The number of hydrogen-bond acceptors (Lipinski definition) is 9. The molecule has 0 aliphatic carbocycles. The maximum atomic E-state index is 17.0. The first-order valence-corrected chi connectivity index (χ1v) is 16.0. The molecule has 9 nitrogen and oxygen atoms in total. The number of rotatable bonds is 5. The van der Waals surface area contributed by atoms with Crippen molar-refractivity contribution in [2.24, 2.45) is 0 Å². The van der Waals surface area contributed by atoms with E-state index in [0.717, 1.165) is 32.2 Å². The van der Waals surface area contributed by atoms with Crippen LogP contribution in [0.4, 0.5) is 19.0 Å². The van der Waals surface area contributed by atoms with E-state index in [-0.39, 0.29) is 71.3 Å². The topological polar surface area (TPSA) is 95.9 Å². The van der Waals surface area contributed by atoms with Crippen LogP contribution in [-0.4, -0.2) is 87.6 Å². The second-order valence-electron chi connectivity index (χ2n) is 13.3. The molecule has 2 aromatic carbocycles. The molecule has 5 atom stereocenters. The number of nitrogens with zero attached hydrogens (tertiary/aromatic N) is 5. The van der Waals surface area contributed by atoms with Crippen LogP contribution in [0, 0.1) is 11.6 Å². The van der Waals surface area contributed by atoms with Crippen LogP contribution in [0.25, 0.3) is 39.0 Å². The van der Waals surface area contributed by atoms with Gasteiger partial charge in [-0.2, -0.15) is 9.97 Å². The summed E-state index contributed by atoms with van der Waals surface area (Å²) >= 11 is 0. The van der Waals surface area contributed by atoms with Crippen LogP contribution < -0.4 is 19.7 Å². The Balaban J connectivity index is 1.25. The van der Waals surface area contributed by atoms with Gasteiger partial charge in [-0.25, -0.2) is 18.2 Å². The van der Waals surface area contributed by atoms with Crippen molar-refractivity contribution in [3.63, 3.8) is 0 Å². The van der Waals surface area contributed by atoms with E-state index in [9.17, 15) is 9.50 Å². The number of piperazine rings is 1. The van der Waals surface area contributed by atoms with E-state index in [1.807, 2.05) is 0 Å². The van der Waals surface area contributed by atoms with Crippen LogP contribution in [0.15, 0.2) is 30.8 Å². The number of ether oxygens (including phenoxy) is 2. The van der Waals surface area contributed by atoms with E-state index >= 15 is 8.78 Å². The molecule has 0 amide bonds. The largest absolute Gasteiger partial charge is 0.508 e. The van der Waals surface area contributed by atoms with Crippen molar-refractivity contribution >= 4 is 33.6 Å². The molecule has 12 heteroatoms. The Morgan fingerprint density at radius 1 is 1.15 bits per heavy atom. The molecule has 5 aliphatic heterocycles. The van der Waals surface area contributed by atoms with Gasteiger partial charge in [-0.1, -0.05) is 18.7 Å². The zero-order valence-electron chi connectivity index (χ0n) is 25.1. The molecule has 0 spiro atoms. The fraction of sp³-hybridized carbons (Fsp3) is 0.441. The Morgan fingerprint density at radius 3 is 2.91 bits per heavy atom. The van der Waals surface area contributed by atoms with Crippen molar-refractivity contribution in [3.05, 3.63) is 48.0 Å². The maximum Gasteiger partial charge on any atom is 0.319 e. The zero-order chi connectivity index (χ0) is 31.3. The Bertz CT molecular complexity index is 1940. The van der Waals surface area contributed by atoms with Gasteiger partial charge in [0.15, 0.2) is 5.82 Å². The number of pyridine rings is 1. The number of nitrogens with one attached hydrogen (secondary N) is 1. The first kappa shape index (κ1) is 28.1. The molecule has 0 radical (unpaired) electrons. The average Bonchev–Trinajstić information content (AvgIpc) is 3.68. The lowest BCUT2D eigenvalue weighted by Crippen LogP contribution is -2.60. The zero-order valence-corrected chi connectivity index (χ0v) is 25.1. The van der Waals surface area contributed by atoms with Gasteiger partial charge in [0.25, 0.3) is 0 Å². The lowest BCUT2D eigenvalue weighted by molar-refractivity contribution is 0.107. The second kappa shape index (κ2) is 10.2. The van der Waals surface area contributed by atoms with Crippen LogP contribution >= 0.6 is 0 Å². The summed E-state index contributed by atoms with van der Waals surface area (Å²) in [5, 5.41) is 15.5. The third kappa shape index (κ3) is 4.12. The van der Waals surface area contributed by atoms with Crippen molar-refractivity contribution in [1.29, 1.82) is 0 Å². The van der Waals surface area contributed by atoms with Gasteiger partial charge in [0.05, 0.1) is 11.6 Å². The molecule has 4 fully saturated rings. The van der Waals surface area contributed by atoms with Crippen LogP contribution in [-0.2, 0) is 0 Å². The van der Waals surface area contributed by atoms with Crippen LogP contribution in [0.3, 0.4) is 0 Å². The lowest BCUT2D eigenvalue weighted by atomic mass is 9.95. The number of phenolic OH excluding ortho intramolecular Hbond substituents is 1. The molecule has 46 heavy (non-hydrogen) atoms. The van der Waals surface area contributed by atoms with Gasteiger partial charge in [-0.05, 0) is 55.8 Å². The van der Waals surface area contributed by atoms with Gasteiger partial charge in [0, 0.05) is 48.1 Å². The molecule has 238 valence electrons. The van der Waals surface area contributed by atoms with Crippen molar-refractivity contribution in [3.8, 4) is 28.9 Å². The summed E-state index contributed by atoms with van der Waals surface area (Å²) in [6, 6.07) is 5.98. The van der Waals surface area contributed by atoms with E-state index < -0.39 is 23.3 Å². The van der Waals surface area contributed by atoms with E-state index in [2.05, 4.69) is 31.7 Å². The SMILES string of the molecule is C=Cc1c(F)ccc2cc(O)cc(-c3nc4c5c(nc(OC[C@@]67CCCN6C[C@H](F)C7)nc5c3F)N3C[C@@H]5CC[C@@H](N5)[C@@H]3CO4)c12. The normalized spacial score (nSPS) is 28.3. The summed E-state index contributed by atoms with van der Waals surface area (Å²) < 4.78 is 59.2. The Hall–Kier alpha value is -4.16. The summed E-state index contributed by atoms with van der Waals surface area (Å²) in [5.74, 6) is -0.797. The number of phenols is 1. The number of aromatic nitrogens is 3. The predicted octanol–water partition coefficient (Wildman–Crippen LogP) is 5.13. The molecule has 5 aliphatic rings. The molecule has 9 rings (SSSR count).